The van der Waals surface area contributed by atoms with Crippen molar-refractivity contribution in [1.82, 2.24) is 15.1 Å². The van der Waals surface area contributed by atoms with Crippen LogP contribution in [0, 0.1) is 0 Å². The molecule has 29 heavy (non-hydrogen) atoms. The summed E-state index contributed by atoms with van der Waals surface area (Å²) in [5, 5.41) is 2.52. The third-order valence-corrected chi connectivity index (χ3v) is 5.01. The van der Waals surface area contributed by atoms with E-state index in [1.165, 1.54) is 12.1 Å². The third-order valence-electron chi connectivity index (χ3n) is 4.58. The Morgan fingerprint density at radius 3 is 2.45 bits per heavy atom. The summed E-state index contributed by atoms with van der Waals surface area (Å²) in [5.41, 5.74) is -0.0837. The van der Waals surface area contributed by atoms with Gasteiger partial charge in [0.05, 0.1) is 12.1 Å². The Bertz CT molecular complexity index is 877. The number of alkyl halides is 3. The first-order valence-electron chi connectivity index (χ1n) is 8.92. The lowest BCUT2D eigenvalue weighted by atomic mass is 10.1. The second kappa shape index (κ2) is 9.00. The molecule has 0 spiro atoms. The Morgan fingerprint density at radius 2 is 1.83 bits per heavy atom. The Morgan fingerprint density at radius 1 is 1.10 bits per heavy atom. The van der Waals surface area contributed by atoms with Crippen molar-refractivity contribution in [3.63, 3.8) is 0 Å². The van der Waals surface area contributed by atoms with Crippen molar-refractivity contribution >= 4 is 27.7 Å². The van der Waals surface area contributed by atoms with Gasteiger partial charge in [-0.3, -0.25) is 14.5 Å². The normalized spacial score (nSPS) is 15.4. The van der Waals surface area contributed by atoms with E-state index in [0.717, 1.165) is 12.1 Å². The van der Waals surface area contributed by atoms with Crippen molar-refractivity contribution in [3.8, 4) is 0 Å². The van der Waals surface area contributed by atoms with Gasteiger partial charge in [0.2, 0.25) is 5.91 Å². The number of halogens is 4. The van der Waals surface area contributed by atoms with Gasteiger partial charge >= 0.3 is 6.18 Å². The molecule has 1 N–H and O–H groups in total. The average Bonchev–Trinajstić information content (AvgIpc) is 3.12. The van der Waals surface area contributed by atoms with Gasteiger partial charge in [-0.25, -0.2) is 0 Å². The zero-order chi connectivity index (χ0) is 21.0. The fourth-order valence-electron chi connectivity index (χ4n) is 3.05. The van der Waals surface area contributed by atoms with Gasteiger partial charge in [-0.1, -0.05) is 18.2 Å². The van der Waals surface area contributed by atoms with Crippen molar-refractivity contribution < 1.29 is 27.2 Å². The average molecular weight is 474 g/mol. The Labute approximate surface area is 173 Å². The molecule has 1 aromatic carbocycles. The Balaban J connectivity index is 1.45. The van der Waals surface area contributed by atoms with Gasteiger partial charge in [0.25, 0.3) is 5.91 Å². The van der Waals surface area contributed by atoms with E-state index in [-0.39, 0.29) is 18.2 Å². The Kier molecular flexibility index (Phi) is 6.63. The molecule has 3 rings (SSSR count). The fourth-order valence-corrected chi connectivity index (χ4v) is 3.36. The number of benzene rings is 1. The molecule has 0 atom stereocenters. The molecule has 0 aliphatic carbocycles. The molecule has 2 amide bonds. The number of amides is 2. The zero-order valence-corrected chi connectivity index (χ0v) is 16.9. The maximum atomic E-state index is 12.8. The number of rotatable bonds is 5. The first-order valence-corrected chi connectivity index (χ1v) is 9.71. The zero-order valence-electron chi connectivity index (χ0n) is 15.3. The van der Waals surface area contributed by atoms with Crippen LogP contribution >= 0.6 is 15.9 Å². The fraction of sp³-hybridized carbons (Fsp3) is 0.368. The van der Waals surface area contributed by atoms with Crippen LogP contribution in [0.5, 0.6) is 0 Å². The maximum absolute atomic E-state index is 12.8. The highest BCUT2D eigenvalue weighted by Gasteiger charge is 2.30. The van der Waals surface area contributed by atoms with Gasteiger partial charge in [-0.15, -0.1) is 0 Å². The predicted molar refractivity (Wildman–Crippen MR) is 102 cm³/mol. The molecule has 1 saturated heterocycles. The number of nitrogens with one attached hydrogen (secondary N) is 1. The van der Waals surface area contributed by atoms with Crippen molar-refractivity contribution in [2.75, 3.05) is 32.7 Å². The van der Waals surface area contributed by atoms with E-state index in [9.17, 15) is 22.8 Å². The molecular weight excluding hydrogens is 455 g/mol. The molecule has 2 heterocycles. The number of hydrogen-bond acceptors (Lipinski definition) is 4. The second-order valence-corrected chi connectivity index (χ2v) is 7.42. The number of furan rings is 1. The SMILES string of the molecule is O=C(NCC(=O)N1CCN(Cc2cccc(C(F)(F)F)c2)CC1)c1ccc(Br)o1. The van der Waals surface area contributed by atoms with E-state index in [4.69, 9.17) is 4.42 Å². The molecule has 0 radical (unpaired) electrons. The summed E-state index contributed by atoms with van der Waals surface area (Å²) in [5.74, 6) is -0.592. The van der Waals surface area contributed by atoms with E-state index in [1.54, 1.807) is 17.0 Å². The van der Waals surface area contributed by atoms with Crippen LogP contribution in [0.15, 0.2) is 45.5 Å². The van der Waals surface area contributed by atoms with E-state index in [2.05, 4.69) is 21.2 Å². The third kappa shape index (κ3) is 5.83. The van der Waals surface area contributed by atoms with Gasteiger partial charge in [0, 0.05) is 32.7 Å². The van der Waals surface area contributed by atoms with Crippen molar-refractivity contribution in [1.29, 1.82) is 0 Å². The quantitative estimate of drug-likeness (QED) is 0.724. The first kappa shape index (κ1) is 21.4. The highest BCUT2D eigenvalue weighted by molar-refractivity contribution is 9.10. The predicted octanol–water partition coefficient (Wildman–Crippen LogP) is 3.14. The summed E-state index contributed by atoms with van der Waals surface area (Å²) >= 11 is 3.10. The summed E-state index contributed by atoms with van der Waals surface area (Å²) in [6, 6.07) is 8.35. The smallest absolute Gasteiger partial charge is 0.416 e. The number of nitrogens with zero attached hydrogens (tertiary/aromatic N) is 2. The van der Waals surface area contributed by atoms with Crippen LogP contribution in [-0.4, -0.2) is 54.3 Å². The highest BCUT2D eigenvalue weighted by atomic mass is 79.9. The van der Waals surface area contributed by atoms with E-state index in [1.807, 2.05) is 4.90 Å². The molecule has 0 unspecified atom stereocenters. The van der Waals surface area contributed by atoms with Crippen LogP contribution in [0.3, 0.4) is 0 Å². The van der Waals surface area contributed by atoms with Crippen molar-refractivity contribution in [2.24, 2.45) is 0 Å². The van der Waals surface area contributed by atoms with Crippen LogP contribution in [0.2, 0.25) is 0 Å². The topological polar surface area (TPSA) is 65.8 Å². The maximum Gasteiger partial charge on any atom is 0.416 e. The van der Waals surface area contributed by atoms with Gasteiger partial charge in [0.1, 0.15) is 0 Å². The monoisotopic (exact) mass is 473 g/mol. The van der Waals surface area contributed by atoms with E-state index in [0.29, 0.717) is 43.0 Å². The molecule has 6 nitrogen and oxygen atoms in total. The molecule has 1 aliphatic rings. The minimum atomic E-state index is -4.36. The van der Waals surface area contributed by atoms with Gasteiger partial charge in [-0.2, -0.15) is 13.2 Å². The number of carbonyl (C=O) groups excluding carboxylic acids is 2. The van der Waals surface area contributed by atoms with Crippen LogP contribution in [-0.2, 0) is 17.5 Å². The molecule has 1 aromatic heterocycles. The summed E-state index contributed by atoms with van der Waals surface area (Å²) in [4.78, 5) is 27.8. The van der Waals surface area contributed by atoms with Crippen molar-refractivity contribution in [3.05, 3.63) is 58.0 Å². The lowest BCUT2D eigenvalue weighted by Crippen LogP contribution is -2.50. The molecule has 0 bridgehead atoms. The van der Waals surface area contributed by atoms with Crippen molar-refractivity contribution in [2.45, 2.75) is 12.7 Å². The minimum Gasteiger partial charge on any atom is -0.444 e. The van der Waals surface area contributed by atoms with Gasteiger partial charge < -0.3 is 14.6 Å². The number of hydrogen-bond donors (Lipinski definition) is 1. The van der Waals surface area contributed by atoms with Gasteiger partial charge in [0.15, 0.2) is 10.4 Å². The summed E-state index contributed by atoms with van der Waals surface area (Å²) in [7, 11) is 0. The molecule has 10 heteroatoms. The molecule has 2 aromatic rings. The lowest BCUT2D eigenvalue weighted by Gasteiger charge is -2.34. The largest absolute Gasteiger partial charge is 0.444 e. The summed E-state index contributed by atoms with van der Waals surface area (Å²) in [6.45, 7) is 2.21. The molecule has 0 saturated carbocycles. The second-order valence-electron chi connectivity index (χ2n) is 6.64. The lowest BCUT2D eigenvalue weighted by molar-refractivity contribution is -0.137. The van der Waals surface area contributed by atoms with Crippen LogP contribution in [0.25, 0.3) is 0 Å². The molecule has 1 fully saturated rings. The highest BCUT2D eigenvalue weighted by Crippen LogP contribution is 2.29. The van der Waals surface area contributed by atoms with Crippen LogP contribution in [0.4, 0.5) is 13.2 Å². The van der Waals surface area contributed by atoms with Gasteiger partial charge in [-0.05, 0) is 39.7 Å². The van der Waals surface area contributed by atoms with Crippen LogP contribution < -0.4 is 5.32 Å². The molecular formula is C19H19BrF3N3O3. The van der Waals surface area contributed by atoms with E-state index < -0.39 is 17.6 Å². The minimum absolute atomic E-state index is 0.107. The molecule has 1 aliphatic heterocycles. The van der Waals surface area contributed by atoms with E-state index >= 15 is 0 Å². The Hall–Kier alpha value is -2.33. The summed E-state index contributed by atoms with van der Waals surface area (Å²) < 4.78 is 44.0. The first-order chi connectivity index (χ1) is 13.7. The number of carbonyl (C=O) groups is 2. The molecule has 156 valence electrons. The van der Waals surface area contributed by atoms with Crippen LogP contribution in [0.1, 0.15) is 21.7 Å². The summed E-state index contributed by atoms with van der Waals surface area (Å²) in [6.07, 6.45) is -4.36. The standard InChI is InChI=1S/C19H19BrF3N3O3/c20-16-5-4-15(29-16)18(28)24-11-17(27)26-8-6-25(7-9-26)12-13-2-1-3-14(10-13)19(21,22)23/h1-5,10H,6-9,11-12H2,(H,24,28). The number of piperazine rings is 1.